The van der Waals surface area contributed by atoms with Crippen molar-refractivity contribution in [3.63, 3.8) is 0 Å². The summed E-state index contributed by atoms with van der Waals surface area (Å²) in [5, 5.41) is 6.59. The maximum atomic E-state index is 11.6. The second-order valence-corrected chi connectivity index (χ2v) is 3.99. The smallest absolute Gasteiger partial charge is 0.267 e. The Labute approximate surface area is 95.7 Å². The highest BCUT2D eigenvalue weighted by Gasteiger charge is 2.18. The van der Waals surface area contributed by atoms with Crippen molar-refractivity contribution >= 4 is 17.5 Å². The van der Waals surface area contributed by atoms with Crippen LogP contribution in [-0.4, -0.2) is 24.1 Å². The number of nitrogens with zero attached hydrogens (tertiary/aromatic N) is 1. The van der Waals surface area contributed by atoms with E-state index < -0.39 is 0 Å². The Morgan fingerprint density at radius 1 is 1.44 bits per heavy atom. The highest BCUT2D eigenvalue weighted by atomic mass is 16.2. The first-order valence-electron chi connectivity index (χ1n) is 5.81. The minimum absolute atomic E-state index is 0.128. The average Bonchev–Trinajstić information content (AvgIpc) is 2.31. The van der Waals surface area contributed by atoms with E-state index in [2.05, 4.69) is 29.7 Å². The van der Waals surface area contributed by atoms with E-state index in [4.69, 9.17) is 0 Å². The Morgan fingerprint density at radius 2 is 2.12 bits per heavy atom. The molecule has 90 valence electrons. The quantitative estimate of drug-likeness (QED) is 0.726. The topological polar surface area (TPSA) is 70.6 Å². The largest absolute Gasteiger partial charge is 0.351 e. The standard InChI is InChI=1S/C11H19N3O2/c1-3-8(4-2)7-12-11(16)9-5-6-10(15)14-13-9/h8H,3-7H2,1-2H3,(H,12,16)(H,14,15). The number of nitrogens with one attached hydrogen (secondary N) is 2. The fraction of sp³-hybridized carbons (Fsp3) is 0.727. The summed E-state index contributed by atoms with van der Waals surface area (Å²) in [5.41, 5.74) is 2.74. The van der Waals surface area contributed by atoms with Crippen LogP contribution in [-0.2, 0) is 9.59 Å². The molecule has 1 aliphatic heterocycles. The fourth-order valence-corrected chi connectivity index (χ4v) is 1.55. The van der Waals surface area contributed by atoms with Crippen LogP contribution < -0.4 is 10.7 Å². The molecule has 0 radical (unpaired) electrons. The molecule has 0 aliphatic carbocycles. The maximum absolute atomic E-state index is 11.6. The Kier molecular flexibility index (Phi) is 4.95. The zero-order chi connectivity index (χ0) is 12.0. The van der Waals surface area contributed by atoms with Gasteiger partial charge in [-0.05, 0) is 5.92 Å². The Balaban J connectivity index is 2.38. The van der Waals surface area contributed by atoms with Gasteiger partial charge in [-0.1, -0.05) is 26.7 Å². The molecule has 1 heterocycles. The zero-order valence-corrected chi connectivity index (χ0v) is 9.88. The third-order valence-electron chi connectivity index (χ3n) is 2.87. The van der Waals surface area contributed by atoms with Gasteiger partial charge in [-0.2, -0.15) is 5.10 Å². The molecule has 0 atom stereocenters. The van der Waals surface area contributed by atoms with Crippen molar-refractivity contribution in [3.8, 4) is 0 Å². The molecule has 0 aromatic rings. The first kappa shape index (κ1) is 12.7. The molecule has 1 aliphatic rings. The van der Waals surface area contributed by atoms with Gasteiger partial charge in [-0.3, -0.25) is 9.59 Å². The Bertz CT molecular complexity index is 296. The molecular weight excluding hydrogens is 206 g/mol. The molecule has 0 fully saturated rings. The van der Waals surface area contributed by atoms with Gasteiger partial charge < -0.3 is 5.32 Å². The molecule has 5 nitrogen and oxygen atoms in total. The second kappa shape index (κ2) is 6.25. The van der Waals surface area contributed by atoms with E-state index in [-0.39, 0.29) is 11.8 Å². The molecule has 5 heteroatoms. The highest BCUT2D eigenvalue weighted by Crippen LogP contribution is 2.05. The van der Waals surface area contributed by atoms with Crippen LogP contribution in [0.5, 0.6) is 0 Å². The molecule has 0 aromatic heterocycles. The van der Waals surface area contributed by atoms with Crippen molar-refractivity contribution in [1.29, 1.82) is 0 Å². The first-order chi connectivity index (χ1) is 7.67. The Morgan fingerprint density at radius 3 is 2.62 bits per heavy atom. The van der Waals surface area contributed by atoms with Crippen molar-refractivity contribution in [3.05, 3.63) is 0 Å². The van der Waals surface area contributed by atoms with Gasteiger partial charge in [0.15, 0.2) is 0 Å². The van der Waals surface area contributed by atoms with Gasteiger partial charge >= 0.3 is 0 Å². The number of carbonyl (C=O) groups excluding carboxylic acids is 2. The number of amides is 2. The van der Waals surface area contributed by atoms with E-state index in [1.807, 2.05) is 0 Å². The van der Waals surface area contributed by atoms with E-state index in [1.54, 1.807) is 0 Å². The van der Waals surface area contributed by atoms with Crippen LogP contribution in [0.3, 0.4) is 0 Å². The van der Waals surface area contributed by atoms with Crippen LogP contribution in [0, 0.1) is 5.92 Å². The molecule has 16 heavy (non-hydrogen) atoms. The lowest BCUT2D eigenvalue weighted by atomic mass is 10.0. The highest BCUT2D eigenvalue weighted by molar-refractivity contribution is 6.39. The van der Waals surface area contributed by atoms with Crippen LogP contribution in [0.25, 0.3) is 0 Å². The van der Waals surface area contributed by atoms with Gasteiger partial charge in [-0.15, -0.1) is 0 Å². The van der Waals surface area contributed by atoms with E-state index in [9.17, 15) is 9.59 Å². The predicted molar refractivity (Wildman–Crippen MR) is 61.9 cm³/mol. The third kappa shape index (κ3) is 3.64. The van der Waals surface area contributed by atoms with Crippen molar-refractivity contribution < 1.29 is 9.59 Å². The lowest BCUT2D eigenvalue weighted by Crippen LogP contribution is -2.38. The normalized spacial score (nSPS) is 15.7. The summed E-state index contributed by atoms with van der Waals surface area (Å²) >= 11 is 0. The number of hydrogen-bond acceptors (Lipinski definition) is 3. The van der Waals surface area contributed by atoms with Crippen LogP contribution in [0.4, 0.5) is 0 Å². The molecule has 0 bridgehead atoms. The third-order valence-corrected chi connectivity index (χ3v) is 2.87. The fourth-order valence-electron chi connectivity index (χ4n) is 1.55. The van der Waals surface area contributed by atoms with E-state index in [0.717, 1.165) is 12.8 Å². The SMILES string of the molecule is CCC(CC)CNC(=O)C1=NNC(=O)CC1. The lowest BCUT2D eigenvalue weighted by molar-refractivity contribution is -0.121. The van der Waals surface area contributed by atoms with Crippen LogP contribution >= 0.6 is 0 Å². The number of rotatable bonds is 5. The summed E-state index contributed by atoms with van der Waals surface area (Å²) in [6.07, 6.45) is 2.89. The summed E-state index contributed by atoms with van der Waals surface area (Å²) in [6, 6.07) is 0. The van der Waals surface area contributed by atoms with Gasteiger partial charge in [0.25, 0.3) is 5.91 Å². The molecule has 2 N–H and O–H groups in total. The number of hydrazone groups is 1. The van der Waals surface area contributed by atoms with E-state index >= 15 is 0 Å². The second-order valence-electron chi connectivity index (χ2n) is 3.99. The van der Waals surface area contributed by atoms with Crippen LogP contribution in [0.15, 0.2) is 5.10 Å². The number of carbonyl (C=O) groups is 2. The van der Waals surface area contributed by atoms with Gasteiger partial charge in [-0.25, -0.2) is 5.43 Å². The van der Waals surface area contributed by atoms with Crippen molar-refractivity contribution in [2.24, 2.45) is 11.0 Å². The first-order valence-corrected chi connectivity index (χ1v) is 5.81. The Hall–Kier alpha value is -1.39. The lowest BCUT2D eigenvalue weighted by Gasteiger charge is -2.15. The zero-order valence-electron chi connectivity index (χ0n) is 9.88. The van der Waals surface area contributed by atoms with E-state index in [0.29, 0.717) is 31.0 Å². The monoisotopic (exact) mass is 225 g/mol. The maximum Gasteiger partial charge on any atom is 0.267 e. The minimum atomic E-state index is -0.160. The molecule has 1 rings (SSSR count). The summed E-state index contributed by atoms with van der Waals surface area (Å²) in [5.74, 6) is 0.228. The molecule has 2 amide bonds. The molecule has 0 saturated carbocycles. The summed E-state index contributed by atoms with van der Waals surface area (Å²) in [4.78, 5) is 22.5. The molecule has 0 spiro atoms. The molecule has 0 saturated heterocycles. The molecule has 0 aromatic carbocycles. The van der Waals surface area contributed by atoms with Crippen molar-refractivity contribution in [2.75, 3.05) is 6.54 Å². The van der Waals surface area contributed by atoms with E-state index in [1.165, 1.54) is 0 Å². The van der Waals surface area contributed by atoms with Gasteiger partial charge in [0.1, 0.15) is 5.71 Å². The predicted octanol–water partition coefficient (Wildman–Crippen LogP) is 0.805. The summed E-state index contributed by atoms with van der Waals surface area (Å²) < 4.78 is 0. The van der Waals surface area contributed by atoms with Crippen LogP contribution in [0.1, 0.15) is 39.5 Å². The molecule has 0 unspecified atom stereocenters. The molecular formula is C11H19N3O2. The minimum Gasteiger partial charge on any atom is -0.351 e. The van der Waals surface area contributed by atoms with Gasteiger partial charge in [0, 0.05) is 19.4 Å². The number of hydrogen-bond donors (Lipinski definition) is 2. The van der Waals surface area contributed by atoms with Gasteiger partial charge in [0.05, 0.1) is 0 Å². The van der Waals surface area contributed by atoms with Crippen molar-refractivity contribution in [1.82, 2.24) is 10.7 Å². The summed E-state index contributed by atoms with van der Waals surface area (Å²) in [7, 11) is 0. The summed E-state index contributed by atoms with van der Waals surface area (Å²) in [6.45, 7) is 4.90. The van der Waals surface area contributed by atoms with Crippen LogP contribution in [0.2, 0.25) is 0 Å². The van der Waals surface area contributed by atoms with Crippen molar-refractivity contribution in [2.45, 2.75) is 39.5 Å². The average molecular weight is 225 g/mol. The van der Waals surface area contributed by atoms with Gasteiger partial charge in [0.2, 0.25) is 5.91 Å².